The topological polar surface area (TPSA) is 3.24 Å². The van der Waals surface area contributed by atoms with Gasteiger partial charge < -0.3 is 0 Å². The molecule has 0 amide bonds. The maximum Gasteiger partial charge on any atom is 0.0201 e. The Labute approximate surface area is 119 Å². The van der Waals surface area contributed by atoms with Gasteiger partial charge in [0.15, 0.2) is 0 Å². The van der Waals surface area contributed by atoms with Gasteiger partial charge in [-0.05, 0) is 39.7 Å². The van der Waals surface area contributed by atoms with E-state index >= 15 is 0 Å². The lowest BCUT2D eigenvalue weighted by Crippen LogP contribution is -2.38. The molecule has 1 aromatic rings. The predicted molar refractivity (Wildman–Crippen MR) is 86.3 cm³/mol. The summed E-state index contributed by atoms with van der Waals surface area (Å²) in [5.74, 6) is 0. The molecule has 0 aliphatic rings. The monoisotopic (exact) mass is 259 g/mol. The highest BCUT2D eigenvalue weighted by Gasteiger charge is 2.14. The highest BCUT2D eigenvalue weighted by Crippen LogP contribution is 2.16. The van der Waals surface area contributed by atoms with Crippen molar-refractivity contribution >= 4 is 6.08 Å². The summed E-state index contributed by atoms with van der Waals surface area (Å²) in [7, 11) is 0. The third kappa shape index (κ3) is 5.61. The van der Waals surface area contributed by atoms with Crippen molar-refractivity contribution in [1.82, 2.24) is 4.90 Å². The fourth-order valence-electron chi connectivity index (χ4n) is 2.50. The highest BCUT2D eigenvalue weighted by atomic mass is 15.2. The zero-order chi connectivity index (χ0) is 14.3. The summed E-state index contributed by atoms with van der Waals surface area (Å²) in [6, 6.07) is 11.9. The highest BCUT2D eigenvalue weighted by molar-refractivity contribution is 5.53. The molecular formula is C18H29N. The van der Waals surface area contributed by atoms with Crippen LogP contribution in [0.15, 0.2) is 35.9 Å². The van der Waals surface area contributed by atoms with Crippen molar-refractivity contribution < 1.29 is 0 Å². The van der Waals surface area contributed by atoms with Gasteiger partial charge in [-0.2, -0.15) is 0 Å². The van der Waals surface area contributed by atoms with Crippen LogP contribution in [0.3, 0.4) is 0 Å². The molecule has 0 aliphatic heterocycles. The first-order valence-corrected chi connectivity index (χ1v) is 7.54. The molecule has 0 spiro atoms. The van der Waals surface area contributed by atoms with Gasteiger partial charge in [0.1, 0.15) is 0 Å². The van der Waals surface area contributed by atoms with Crippen LogP contribution in [0.4, 0.5) is 0 Å². The van der Waals surface area contributed by atoms with Gasteiger partial charge in [0.05, 0.1) is 0 Å². The van der Waals surface area contributed by atoms with Crippen LogP contribution in [0.25, 0.3) is 6.08 Å². The molecule has 0 aliphatic carbocycles. The lowest BCUT2D eigenvalue weighted by atomic mass is 10.0. The summed E-state index contributed by atoms with van der Waals surface area (Å²) in [6.07, 6.45) is 4.76. The van der Waals surface area contributed by atoms with Crippen LogP contribution < -0.4 is 0 Å². The summed E-state index contributed by atoms with van der Waals surface area (Å²) in [4.78, 5) is 2.56. The molecular weight excluding hydrogens is 230 g/mol. The van der Waals surface area contributed by atoms with E-state index < -0.39 is 0 Å². The van der Waals surface area contributed by atoms with Crippen molar-refractivity contribution in [3.63, 3.8) is 0 Å². The minimum Gasteiger partial charge on any atom is -0.295 e. The van der Waals surface area contributed by atoms with E-state index in [9.17, 15) is 0 Å². The molecule has 0 radical (unpaired) electrons. The van der Waals surface area contributed by atoms with Gasteiger partial charge in [-0.1, -0.05) is 55.3 Å². The maximum atomic E-state index is 2.56. The van der Waals surface area contributed by atoms with E-state index in [-0.39, 0.29) is 0 Å². The Morgan fingerprint density at radius 1 is 1.05 bits per heavy atom. The Morgan fingerprint density at radius 2 is 1.63 bits per heavy atom. The van der Waals surface area contributed by atoms with Crippen LogP contribution >= 0.6 is 0 Å². The molecule has 1 aromatic carbocycles. The second-order valence-electron chi connectivity index (χ2n) is 5.82. The van der Waals surface area contributed by atoms with Gasteiger partial charge in [0.25, 0.3) is 0 Å². The molecule has 0 fully saturated rings. The van der Waals surface area contributed by atoms with Crippen LogP contribution in [0.2, 0.25) is 0 Å². The summed E-state index contributed by atoms with van der Waals surface area (Å²) in [6.45, 7) is 12.5. The summed E-state index contributed by atoms with van der Waals surface area (Å²) in [5, 5.41) is 0. The number of hydrogen-bond acceptors (Lipinski definition) is 1. The van der Waals surface area contributed by atoms with Gasteiger partial charge in [-0.3, -0.25) is 4.90 Å². The number of rotatable bonds is 7. The van der Waals surface area contributed by atoms with E-state index in [1.807, 2.05) is 0 Å². The average Bonchev–Trinajstić information content (AvgIpc) is 2.36. The lowest BCUT2D eigenvalue weighted by Gasteiger charge is -2.31. The van der Waals surface area contributed by atoms with Gasteiger partial charge in [-0.15, -0.1) is 0 Å². The number of hydrogen-bond donors (Lipinski definition) is 0. The van der Waals surface area contributed by atoms with E-state index in [0.717, 1.165) is 6.54 Å². The molecule has 0 heterocycles. The zero-order valence-corrected chi connectivity index (χ0v) is 13.2. The van der Waals surface area contributed by atoms with Crippen molar-refractivity contribution in [3.05, 3.63) is 41.5 Å². The van der Waals surface area contributed by atoms with E-state index in [1.165, 1.54) is 24.0 Å². The third-order valence-corrected chi connectivity index (χ3v) is 3.45. The Bertz CT molecular complexity index is 368. The molecule has 106 valence electrons. The van der Waals surface area contributed by atoms with Gasteiger partial charge >= 0.3 is 0 Å². The second kappa shape index (κ2) is 8.16. The molecule has 0 bridgehead atoms. The Kier molecular flexibility index (Phi) is 6.86. The number of nitrogens with zero attached hydrogens (tertiary/aromatic N) is 1. The van der Waals surface area contributed by atoms with Crippen molar-refractivity contribution in [2.24, 2.45) is 0 Å². The van der Waals surface area contributed by atoms with Crippen LogP contribution in [0, 0.1) is 0 Å². The molecule has 0 aromatic heterocycles. The minimum atomic E-state index is 0.594. The molecule has 0 N–H and O–H groups in total. The molecule has 19 heavy (non-hydrogen) atoms. The van der Waals surface area contributed by atoms with Crippen molar-refractivity contribution in [3.8, 4) is 0 Å². The predicted octanol–water partition coefficient (Wildman–Crippen LogP) is 4.99. The van der Waals surface area contributed by atoms with Crippen LogP contribution in [-0.2, 0) is 0 Å². The van der Waals surface area contributed by atoms with E-state index in [0.29, 0.717) is 12.1 Å². The molecule has 0 unspecified atom stereocenters. The van der Waals surface area contributed by atoms with Gasteiger partial charge in [-0.25, -0.2) is 0 Å². The average molecular weight is 259 g/mol. The third-order valence-electron chi connectivity index (χ3n) is 3.45. The normalized spacial score (nSPS) is 12.7. The smallest absolute Gasteiger partial charge is 0.0201 e. The molecule has 0 atom stereocenters. The van der Waals surface area contributed by atoms with Gasteiger partial charge in [0, 0.05) is 18.6 Å². The largest absolute Gasteiger partial charge is 0.295 e. The molecule has 1 rings (SSSR count). The van der Waals surface area contributed by atoms with Crippen molar-refractivity contribution in [1.29, 1.82) is 0 Å². The first-order valence-electron chi connectivity index (χ1n) is 7.54. The molecule has 0 saturated heterocycles. The van der Waals surface area contributed by atoms with Crippen LogP contribution in [0.1, 0.15) is 53.0 Å². The second-order valence-corrected chi connectivity index (χ2v) is 5.82. The standard InChI is InChI=1S/C18H29N/c1-6-10-18(13-17-11-8-7-9-12-17)14-19(15(2)3)16(4)5/h7-9,11-13,15-16H,6,10,14H2,1-5H3. The van der Waals surface area contributed by atoms with Gasteiger partial charge in [0.2, 0.25) is 0 Å². The lowest BCUT2D eigenvalue weighted by molar-refractivity contribution is 0.190. The van der Waals surface area contributed by atoms with E-state index in [2.05, 4.69) is 75.9 Å². The Morgan fingerprint density at radius 3 is 2.11 bits per heavy atom. The SMILES string of the molecule is CCCC(=Cc1ccccc1)CN(C(C)C)C(C)C. The molecule has 1 nitrogen and oxygen atoms in total. The quantitative estimate of drug-likeness (QED) is 0.667. The van der Waals surface area contributed by atoms with Crippen molar-refractivity contribution in [2.45, 2.75) is 59.5 Å². The summed E-state index contributed by atoms with van der Waals surface area (Å²) < 4.78 is 0. The Balaban J connectivity index is 2.85. The molecule has 1 heteroatoms. The Hall–Kier alpha value is -1.08. The molecule has 0 saturated carbocycles. The maximum absolute atomic E-state index is 2.56. The number of benzene rings is 1. The van der Waals surface area contributed by atoms with E-state index in [4.69, 9.17) is 0 Å². The van der Waals surface area contributed by atoms with Crippen LogP contribution in [0.5, 0.6) is 0 Å². The first kappa shape index (κ1) is 16.0. The van der Waals surface area contributed by atoms with Crippen molar-refractivity contribution in [2.75, 3.05) is 6.54 Å². The van der Waals surface area contributed by atoms with E-state index in [1.54, 1.807) is 0 Å². The fourth-order valence-corrected chi connectivity index (χ4v) is 2.50. The first-order chi connectivity index (χ1) is 9.04. The summed E-state index contributed by atoms with van der Waals surface area (Å²) in [5.41, 5.74) is 2.86. The van der Waals surface area contributed by atoms with Crippen LogP contribution in [-0.4, -0.2) is 23.5 Å². The minimum absolute atomic E-state index is 0.594. The fraction of sp³-hybridized carbons (Fsp3) is 0.556. The summed E-state index contributed by atoms with van der Waals surface area (Å²) >= 11 is 0. The zero-order valence-electron chi connectivity index (χ0n) is 13.2.